The third-order valence-electron chi connectivity index (χ3n) is 4.08. The van der Waals surface area contributed by atoms with Crippen LogP contribution in [-0.2, 0) is 0 Å². The highest BCUT2D eigenvalue weighted by atomic mass is 16.1. The van der Waals surface area contributed by atoms with Gasteiger partial charge in [-0.2, -0.15) is 10.5 Å². The predicted octanol–water partition coefficient (Wildman–Crippen LogP) is 0.784. The molecule has 1 aromatic carbocycles. The van der Waals surface area contributed by atoms with E-state index in [0.717, 1.165) is 0 Å². The highest BCUT2D eigenvalue weighted by molar-refractivity contribution is 6.18. The molecule has 0 amide bonds. The SMILES string of the molecule is N#CC1=C(N)C2C(=O)c3ccccc3C(=O)C2C(N)=C1C#N. The first-order chi connectivity index (χ1) is 10.5. The van der Waals surface area contributed by atoms with E-state index < -0.39 is 11.8 Å². The lowest BCUT2D eigenvalue weighted by atomic mass is 9.67. The summed E-state index contributed by atoms with van der Waals surface area (Å²) in [5.74, 6) is -2.75. The number of Topliss-reactive ketones (excluding diaryl/α,β-unsaturated/α-hetero) is 2. The molecular weight excluding hydrogens is 280 g/mol. The van der Waals surface area contributed by atoms with Crippen LogP contribution < -0.4 is 11.5 Å². The molecule has 2 aliphatic carbocycles. The Labute approximate surface area is 125 Å². The number of allylic oxidation sites excluding steroid dienone is 4. The number of benzene rings is 1. The standard InChI is InChI=1S/C16H10N4O2/c17-5-9-10(6-18)14(20)12-11(13(9)19)15(21)7-3-1-2-4-8(7)16(12)22/h1-4,11-12H,19-20H2. The smallest absolute Gasteiger partial charge is 0.173 e. The molecule has 0 radical (unpaired) electrons. The van der Waals surface area contributed by atoms with E-state index in [-0.39, 0.29) is 45.2 Å². The van der Waals surface area contributed by atoms with Crippen LogP contribution in [0.5, 0.6) is 0 Å². The molecule has 2 aliphatic rings. The number of carbonyl (C=O) groups excluding carboxylic acids is 2. The minimum absolute atomic E-state index is 0.0638. The van der Waals surface area contributed by atoms with E-state index in [1.54, 1.807) is 24.3 Å². The van der Waals surface area contributed by atoms with Crippen LogP contribution in [0.25, 0.3) is 0 Å². The molecule has 0 aliphatic heterocycles. The van der Waals surface area contributed by atoms with Gasteiger partial charge in [-0.05, 0) is 0 Å². The first kappa shape index (κ1) is 13.6. The summed E-state index contributed by atoms with van der Waals surface area (Å²) in [5, 5.41) is 18.4. The molecule has 0 saturated carbocycles. The first-order valence-corrected chi connectivity index (χ1v) is 6.50. The monoisotopic (exact) mass is 290 g/mol. The van der Waals surface area contributed by atoms with Crippen molar-refractivity contribution in [1.82, 2.24) is 0 Å². The molecule has 6 heteroatoms. The Morgan fingerprint density at radius 1 is 0.818 bits per heavy atom. The third kappa shape index (κ3) is 1.52. The van der Waals surface area contributed by atoms with Gasteiger partial charge >= 0.3 is 0 Å². The molecule has 0 aromatic heterocycles. The summed E-state index contributed by atoms with van der Waals surface area (Å²) < 4.78 is 0. The number of ketones is 2. The maximum atomic E-state index is 12.7. The van der Waals surface area contributed by atoms with Crippen LogP contribution >= 0.6 is 0 Å². The zero-order chi connectivity index (χ0) is 16.0. The average molecular weight is 290 g/mol. The van der Waals surface area contributed by atoms with E-state index in [1.165, 1.54) is 0 Å². The Balaban J connectivity index is 2.33. The first-order valence-electron chi connectivity index (χ1n) is 6.50. The minimum Gasteiger partial charge on any atom is -0.400 e. The van der Waals surface area contributed by atoms with Gasteiger partial charge in [0.2, 0.25) is 0 Å². The lowest BCUT2D eigenvalue weighted by Crippen LogP contribution is -2.45. The quantitative estimate of drug-likeness (QED) is 0.725. The fraction of sp³-hybridized carbons (Fsp3) is 0.125. The number of fused-ring (bicyclic) bond motifs is 2. The molecule has 22 heavy (non-hydrogen) atoms. The molecule has 4 N–H and O–H groups in total. The van der Waals surface area contributed by atoms with E-state index in [9.17, 15) is 20.1 Å². The molecule has 0 fully saturated rings. The zero-order valence-electron chi connectivity index (χ0n) is 11.3. The Kier molecular flexibility index (Phi) is 2.83. The molecule has 0 bridgehead atoms. The van der Waals surface area contributed by atoms with Crippen molar-refractivity contribution >= 4 is 11.6 Å². The number of nitrogens with two attached hydrogens (primary N) is 2. The van der Waals surface area contributed by atoms with Gasteiger partial charge in [-0.1, -0.05) is 24.3 Å². The number of carbonyl (C=O) groups is 2. The highest BCUT2D eigenvalue weighted by Gasteiger charge is 2.48. The van der Waals surface area contributed by atoms with Crippen molar-refractivity contribution in [3.8, 4) is 12.1 Å². The molecule has 0 spiro atoms. The second-order valence-electron chi connectivity index (χ2n) is 5.11. The highest BCUT2D eigenvalue weighted by Crippen LogP contribution is 2.41. The van der Waals surface area contributed by atoms with Crippen molar-refractivity contribution in [2.75, 3.05) is 0 Å². The number of rotatable bonds is 0. The molecule has 3 rings (SSSR count). The van der Waals surface area contributed by atoms with Gasteiger partial charge in [0.25, 0.3) is 0 Å². The largest absolute Gasteiger partial charge is 0.400 e. The third-order valence-corrected chi connectivity index (χ3v) is 4.08. The normalized spacial score (nSPS) is 23.5. The van der Waals surface area contributed by atoms with Gasteiger partial charge in [-0.3, -0.25) is 9.59 Å². The van der Waals surface area contributed by atoms with Crippen LogP contribution in [0.2, 0.25) is 0 Å². The maximum Gasteiger partial charge on any atom is 0.173 e. The van der Waals surface area contributed by atoms with Crippen LogP contribution in [0.1, 0.15) is 20.7 Å². The number of hydrogen-bond donors (Lipinski definition) is 2. The Hall–Kier alpha value is -3.38. The Morgan fingerprint density at radius 3 is 1.50 bits per heavy atom. The second kappa shape index (κ2) is 4.57. The Morgan fingerprint density at radius 2 is 1.18 bits per heavy atom. The van der Waals surface area contributed by atoms with E-state index in [1.807, 2.05) is 12.1 Å². The summed E-state index contributed by atoms with van der Waals surface area (Å²) in [4.78, 5) is 25.3. The molecule has 0 heterocycles. The number of hydrogen-bond acceptors (Lipinski definition) is 6. The van der Waals surface area contributed by atoms with Crippen LogP contribution in [-0.4, -0.2) is 11.6 Å². The van der Waals surface area contributed by atoms with Gasteiger partial charge < -0.3 is 11.5 Å². The second-order valence-corrected chi connectivity index (χ2v) is 5.11. The van der Waals surface area contributed by atoms with Gasteiger partial charge in [0.1, 0.15) is 12.1 Å². The van der Waals surface area contributed by atoms with Crippen molar-refractivity contribution in [2.24, 2.45) is 23.3 Å². The van der Waals surface area contributed by atoms with Crippen LogP contribution in [0.4, 0.5) is 0 Å². The lowest BCUT2D eigenvalue weighted by Gasteiger charge is -2.34. The number of nitrogens with zero attached hydrogens (tertiary/aromatic N) is 2. The van der Waals surface area contributed by atoms with E-state index in [0.29, 0.717) is 0 Å². The van der Waals surface area contributed by atoms with E-state index in [2.05, 4.69) is 0 Å². The van der Waals surface area contributed by atoms with Gasteiger partial charge in [0.15, 0.2) is 11.6 Å². The van der Waals surface area contributed by atoms with Crippen molar-refractivity contribution in [3.05, 3.63) is 57.9 Å². The van der Waals surface area contributed by atoms with E-state index >= 15 is 0 Å². The number of nitriles is 2. The summed E-state index contributed by atoms with van der Waals surface area (Å²) in [7, 11) is 0. The molecule has 2 unspecified atom stereocenters. The van der Waals surface area contributed by atoms with Gasteiger partial charge in [0.05, 0.1) is 23.0 Å². The van der Waals surface area contributed by atoms with Crippen molar-refractivity contribution < 1.29 is 9.59 Å². The van der Waals surface area contributed by atoms with Gasteiger partial charge in [-0.15, -0.1) is 0 Å². The van der Waals surface area contributed by atoms with Crippen molar-refractivity contribution in [2.45, 2.75) is 0 Å². The fourth-order valence-corrected chi connectivity index (χ4v) is 3.03. The summed E-state index contributed by atoms with van der Waals surface area (Å²) in [6.45, 7) is 0. The predicted molar refractivity (Wildman–Crippen MR) is 75.7 cm³/mol. The topological polar surface area (TPSA) is 134 Å². The summed E-state index contributed by atoms with van der Waals surface area (Å²) in [6, 6.07) is 10.0. The fourth-order valence-electron chi connectivity index (χ4n) is 3.03. The summed E-state index contributed by atoms with van der Waals surface area (Å²) in [6.07, 6.45) is 0. The van der Waals surface area contributed by atoms with Crippen LogP contribution in [0, 0.1) is 34.5 Å². The van der Waals surface area contributed by atoms with Crippen molar-refractivity contribution in [3.63, 3.8) is 0 Å². The Bertz CT molecular complexity index is 807. The van der Waals surface area contributed by atoms with Gasteiger partial charge in [0, 0.05) is 22.5 Å². The average Bonchev–Trinajstić information content (AvgIpc) is 2.53. The lowest BCUT2D eigenvalue weighted by molar-refractivity contribution is 0.0782. The summed E-state index contributed by atoms with van der Waals surface area (Å²) >= 11 is 0. The van der Waals surface area contributed by atoms with E-state index in [4.69, 9.17) is 11.5 Å². The van der Waals surface area contributed by atoms with Crippen molar-refractivity contribution in [1.29, 1.82) is 10.5 Å². The van der Waals surface area contributed by atoms with Crippen LogP contribution in [0.15, 0.2) is 46.8 Å². The molecule has 2 atom stereocenters. The summed E-state index contributed by atoms with van der Waals surface area (Å²) in [5.41, 5.74) is 12.0. The van der Waals surface area contributed by atoms with Crippen LogP contribution in [0.3, 0.4) is 0 Å². The molecular formula is C16H10N4O2. The molecule has 106 valence electrons. The molecule has 1 aromatic rings. The zero-order valence-corrected chi connectivity index (χ0v) is 11.3. The minimum atomic E-state index is -1.02. The van der Waals surface area contributed by atoms with Gasteiger partial charge in [-0.25, -0.2) is 0 Å². The maximum absolute atomic E-state index is 12.7. The molecule has 6 nitrogen and oxygen atoms in total. The molecule has 0 saturated heterocycles.